The van der Waals surface area contributed by atoms with E-state index < -0.39 is 0 Å². The lowest BCUT2D eigenvalue weighted by Gasteiger charge is -2.24. The van der Waals surface area contributed by atoms with Crippen LogP contribution in [0.15, 0.2) is 48.5 Å². The van der Waals surface area contributed by atoms with E-state index in [0.717, 1.165) is 11.1 Å². The van der Waals surface area contributed by atoms with Crippen molar-refractivity contribution in [1.29, 1.82) is 0 Å². The molecule has 6 nitrogen and oxygen atoms in total. The summed E-state index contributed by atoms with van der Waals surface area (Å²) in [6, 6.07) is 14.8. The molecule has 138 valence electrons. The second-order valence-corrected chi connectivity index (χ2v) is 7.10. The number of nitrogens with one attached hydrogen (secondary N) is 1. The molecular formula is C19H16Cl2N4O2. The minimum Gasteiger partial charge on any atom is -0.365 e. The Labute approximate surface area is 166 Å². The first-order chi connectivity index (χ1) is 13.1. The molecule has 4 rings (SSSR count). The molecule has 1 N–H and O–H groups in total. The van der Waals surface area contributed by atoms with Crippen LogP contribution in [-0.2, 0) is 24.4 Å². The van der Waals surface area contributed by atoms with E-state index in [1.54, 1.807) is 16.8 Å². The molecule has 1 aliphatic rings. The van der Waals surface area contributed by atoms with Gasteiger partial charge in [-0.1, -0.05) is 52.7 Å². The normalized spacial score (nSPS) is 16.0. The molecule has 2 aromatic carbocycles. The Balaban J connectivity index is 1.43. The third kappa shape index (κ3) is 3.98. The quantitative estimate of drug-likeness (QED) is 0.720. The first-order valence-electron chi connectivity index (χ1n) is 8.42. The Morgan fingerprint density at radius 2 is 1.78 bits per heavy atom. The molecule has 0 bridgehead atoms. The van der Waals surface area contributed by atoms with Gasteiger partial charge in [0.05, 0.1) is 18.8 Å². The molecule has 27 heavy (non-hydrogen) atoms. The summed E-state index contributed by atoms with van der Waals surface area (Å²) >= 11 is 11.8. The monoisotopic (exact) mass is 402 g/mol. The first-order valence-corrected chi connectivity index (χ1v) is 9.18. The maximum Gasteiger partial charge on any atom is 0.274 e. The van der Waals surface area contributed by atoms with Crippen LogP contribution in [0.2, 0.25) is 10.0 Å². The number of halogens is 2. The first kappa shape index (κ1) is 18.0. The average Bonchev–Trinajstić information content (AvgIpc) is 3.11. The smallest absolute Gasteiger partial charge is 0.274 e. The molecule has 1 aromatic heterocycles. The highest BCUT2D eigenvalue weighted by molar-refractivity contribution is 6.30. The topological polar surface area (TPSA) is 69.0 Å². The van der Waals surface area contributed by atoms with E-state index >= 15 is 0 Å². The minimum atomic E-state index is -0.278. The van der Waals surface area contributed by atoms with Crippen LogP contribution in [0.4, 0.5) is 0 Å². The number of hydrogen-bond acceptors (Lipinski definition) is 4. The highest BCUT2D eigenvalue weighted by Crippen LogP contribution is 2.27. The Kier molecular flexibility index (Phi) is 5.11. The fraction of sp³-hybridized carbons (Fsp3) is 0.211. The summed E-state index contributed by atoms with van der Waals surface area (Å²) in [4.78, 5) is 12.5. The number of hydrogen-bond donors (Lipinski definition) is 1. The lowest BCUT2D eigenvalue weighted by molar-refractivity contribution is -0.00176. The fourth-order valence-corrected chi connectivity index (χ4v) is 3.19. The van der Waals surface area contributed by atoms with E-state index in [1.165, 1.54) is 0 Å². The third-order valence-corrected chi connectivity index (χ3v) is 4.92. The standard InChI is InChI=1S/C19H16Cl2N4O2/c20-14-5-1-12(2-6-14)9-22-19(26)18-16-11-27-17(10-25(16)24-23-18)13-3-7-15(21)8-4-13/h1-8,17H,9-11H2,(H,22,26)/t17-/m0/s1. The van der Waals surface area contributed by atoms with Crippen LogP contribution < -0.4 is 5.32 Å². The Morgan fingerprint density at radius 1 is 1.11 bits per heavy atom. The SMILES string of the molecule is O=C(NCc1ccc(Cl)cc1)c1nnn2c1CO[C@H](c1ccc(Cl)cc1)C2. The molecule has 2 heterocycles. The van der Waals surface area contributed by atoms with E-state index in [0.29, 0.717) is 34.5 Å². The van der Waals surface area contributed by atoms with Gasteiger partial charge in [-0.15, -0.1) is 5.10 Å². The van der Waals surface area contributed by atoms with Gasteiger partial charge in [0, 0.05) is 16.6 Å². The van der Waals surface area contributed by atoms with Gasteiger partial charge in [-0.05, 0) is 35.4 Å². The molecule has 0 saturated carbocycles. The zero-order valence-corrected chi connectivity index (χ0v) is 15.7. The van der Waals surface area contributed by atoms with Crippen LogP contribution >= 0.6 is 23.2 Å². The summed E-state index contributed by atoms with van der Waals surface area (Å²) in [5.41, 5.74) is 2.93. The van der Waals surface area contributed by atoms with Gasteiger partial charge in [-0.3, -0.25) is 4.79 Å². The van der Waals surface area contributed by atoms with Crippen LogP contribution in [-0.4, -0.2) is 20.9 Å². The number of nitrogens with zero attached hydrogens (tertiary/aromatic N) is 3. The molecule has 3 aromatic rings. The maximum atomic E-state index is 12.5. The average molecular weight is 403 g/mol. The lowest BCUT2D eigenvalue weighted by atomic mass is 10.1. The fourth-order valence-electron chi connectivity index (χ4n) is 2.94. The van der Waals surface area contributed by atoms with E-state index in [-0.39, 0.29) is 18.6 Å². The highest BCUT2D eigenvalue weighted by atomic mass is 35.5. The van der Waals surface area contributed by atoms with Crippen LogP contribution in [0, 0.1) is 0 Å². The zero-order chi connectivity index (χ0) is 18.8. The molecule has 0 unspecified atom stereocenters. The Bertz CT molecular complexity index is 955. The summed E-state index contributed by atoms with van der Waals surface area (Å²) in [6.45, 7) is 1.15. The Hall–Kier alpha value is -2.41. The molecule has 8 heteroatoms. The predicted molar refractivity (Wildman–Crippen MR) is 102 cm³/mol. The van der Waals surface area contributed by atoms with Crippen molar-refractivity contribution in [2.75, 3.05) is 0 Å². The van der Waals surface area contributed by atoms with E-state index in [1.807, 2.05) is 36.4 Å². The number of amides is 1. The highest BCUT2D eigenvalue weighted by Gasteiger charge is 2.27. The number of carbonyl (C=O) groups excluding carboxylic acids is 1. The second kappa shape index (κ2) is 7.68. The number of aromatic nitrogens is 3. The molecule has 1 atom stereocenters. The third-order valence-electron chi connectivity index (χ3n) is 4.42. The molecule has 0 fully saturated rings. The molecule has 1 amide bonds. The molecule has 0 aliphatic carbocycles. The number of carbonyl (C=O) groups is 1. The van der Waals surface area contributed by atoms with Crippen molar-refractivity contribution in [2.24, 2.45) is 0 Å². The molecule has 0 radical (unpaired) electrons. The summed E-state index contributed by atoms with van der Waals surface area (Å²) in [5, 5.41) is 12.4. The second-order valence-electron chi connectivity index (χ2n) is 6.23. The van der Waals surface area contributed by atoms with Gasteiger partial charge in [0.1, 0.15) is 6.10 Å². The summed E-state index contributed by atoms with van der Waals surface area (Å²) < 4.78 is 7.64. The summed E-state index contributed by atoms with van der Waals surface area (Å²) in [6.07, 6.45) is -0.151. The maximum absolute atomic E-state index is 12.5. The number of benzene rings is 2. The van der Waals surface area contributed by atoms with Crippen LogP contribution in [0.1, 0.15) is 33.4 Å². The van der Waals surface area contributed by atoms with E-state index in [4.69, 9.17) is 27.9 Å². The van der Waals surface area contributed by atoms with Gasteiger partial charge in [0.2, 0.25) is 0 Å². The van der Waals surface area contributed by atoms with E-state index in [9.17, 15) is 4.79 Å². The van der Waals surface area contributed by atoms with Crippen molar-refractivity contribution in [3.05, 3.63) is 81.1 Å². The summed E-state index contributed by atoms with van der Waals surface area (Å²) in [7, 11) is 0. The molecule has 0 saturated heterocycles. The van der Waals surface area contributed by atoms with Crippen LogP contribution in [0.5, 0.6) is 0 Å². The summed E-state index contributed by atoms with van der Waals surface area (Å²) in [5.74, 6) is -0.278. The van der Waals surface area contributed by atoms with Crippen molar-refractivity contribution < 1.29 is 9.53 Å². The van der Waals surface area contributed by atoms with E-state index in [2.05, 4.69) is 15.6 Å². The largest absolute Gasteiger partial charge is 0.365 e. The molecular weight excluding hydrogens is 387 g/mol. The van der Waals surface area contributed by atoms with Crippen LogP contribution in [0.25, 0.3) is 0 Å². The van der Waals surface area contributed by atoms with Gasteiger partial charge < -0.3 is 10.1 Å². The van der Waals surface area contributed by atoms with Gasteiger partial charge in [0.25, 0.3) is 5.91 Å². The van der Waals surface area contributed by atoms with Crippen molar-refractivity contribution in [3.63, 3.8) is 0 Å². The zero-order valence-electron chi connectivity index (χ0n) is 14.2. The van der Waals surface area contributed by atoms with Gasteiger partial charge >= 0.3 is 0 Å². The van der Waals surface area contributed by atoms with Gasteiger partial charge in [0.15, 0.2) is 5.69 Å². The predicted octanol–water partition coefficient (Wildman–Crippen LogP) is 3.79. The van der Waals surface area contributed by atoms with Gasteiger partial charge in [-0.2, -0.15) is 0 Å². The number of ether oxygens (including phenoxy) is 1. The van der Waals surface area contributed by atoms with Crippen molar-refractivity contribution in [1.82, 2.24) is 20.3 Å². The minimum absolute atomic E-state index is 0.151. The van der Waals surface area contributed by atoms with Crippen molar-refractivity contribution >= 4 is 29.1 Å². The lowest BCUT2D eigenvalue weighted by Crippen LogP contribution is -2.27. The Morgan fingerprint density at radius 3 is 2.48 bits per heavy atom. The van der Waals surface area contributed by atoms with Crippen LogP contribution in [0.3, 0.4) is 0 Å². The van der Waals surface area contributed by atoms with Crippen molar-refractivity contribution in [3.8, 4) is 0 Å². The number of rotatable bonds is 4. The molecule has 0 spiro atoms. The van der Waals surface area contributed by atoms with Gasteiger partial charge in [-0.25, -0.2) is 4.68 Å². The molecule has 1 aliphatic heterocycles. The number of fused-ring (bicyclic) bond motifs is 1. The van der Waals surface area contributed by atoms with Crippen molar-refractivity contribution in [2.45, 2.75) is 25.8 Å².